The third-order valence-electron chi connectivity index (χ3n) is 5.56. The number of hydrogen-bond acceptors (Lipinski definition) is 7. The van der Waals surface area contributed by atoms with E-state index in [4.69, 9.17) is 16.6 Å². The molecule has 1 aromatic carbocycles. The molecule has 4 aromatic rings. The molecule has 0 bridgehead atoms. The second-order valence-corrected chi connectivity index (χ2v) is 7.83. The number of carbonyl (C=O) groups excluding carboxylic acids is 1. The Morgan fingerprint density at radius 1 is 1.13 bits per heavy atom. The Labute approximate surface area is 178 Å². The lowest BCUT2D eigenvalue weighted by Gasteiger charge is -2.32. The standard InChI is InChI=1S/C22H22N8O/c1-12-3-2-4-17(27-12)28-22(31)14-7-5-13(6-8-14)19-18-20(24)25-11-26-21(18)30(29-19)16-9-15(23)10-16/h2-8,11,15-16H,9-10,23H2,1H3,(H2,24,25,26)(H,27,28,31)/t15-,16+. The predicted octanol–water partition coefficient (Wildman–Crippen LogP) is 2.69. The van der Waals surface area contributed by atoms with Gasteiger partial charge in [-0.05, 0) is 44.0 Å². The Hall–Kier alpha value is -3.85. The van der Waals surface area contributed by atoms with Crippen molar-refractivity contribution in [3.63, 3.8) is 0 Å². The second kappa shape index (κ2) is 7.44. The molecule has 9 nitrogen and oxygen atoms in total. The quantitative estimate of drug-likeness (QED) is 0.467. The third kappa shape index (κ3) is 3.49. The van der Waals surface area contributed by atoms with Crippen molar-refractivity contribution in [3.8, 4) is 11.3 Å². The molecule has 5 rings (SSSR count). The van der Waals surface area contributed by atoms with Gasteiger partial charge >= 0.3 is 0 Å². The Bertz CT molecular complexity index is 1270. The van der Waals surface area contributed by atoms with E-state index in [1.165, 1.54) is 6.33 Å². The molecule has 0 unspecified atom stereocenters. The first-order chi connectivity index (χ1) is 15.0. The molecule has 3 aromatic heterocycles. The van der Waals surface area contributed by atoms with Gasteiger partial charge in [0.1, 0.15) is 23.7 Å². The van der Waals surface area contributed by atoms with Crippen LogP contribution in [0.3, 0.4) is 0 Å². The second-order valence-electron chi connectivity index (χ2n) is 7.83. The van der Waals surface area contributed by atoms with Crippen LogP contribution >= 0.6 is 0 Å². The van der Waals surface area contributed by atoms with Crippen LogP contribution in [-0.4, -0.2) is 36.7 Å². The van der Waals surface area contributed by atoms with Crippen LogP contribution in [-0.2, 0) is 0 Å². The summed E-state index contributed by atoms with van der Waals surface area (Å²) in [6.07, 6.45) is 3.16. The molecule has 3 heterocycles. The lowest BCUT2D eigenvalue weighted by molar-refractivity contribution is 0.102. The van der Waals surface area contributed by atoms with Crippen molar-refractivity contribution in [1.82, 2.24) is 24.7 Å². The number of carbonyl (C=O) groups is 1. The number of benzene rings is 1. The van der Waals surface area contributed by atoms with E-state index in [-0.39, 0.29) is 18.0 Å². The molecule has 5 N–H and O–H groups in total. The number of rotatable bonds is 4. The fourth-order valence-electron chi connectivity index (χ4n) is 3.86. The third-order valence-corrected chi connectivity index (χ3v) is 5.56. The minimum absolute atomic E-state index is 0.188. The van der Waals surface area contributed by atoms with Crippen LogP contribution in [0.4, 0.5) is 11.6 Å². The van der Waals surface area contributed by atoms with Crippen molar-refractivity contribution in [2.75, 3.05) is 11.1 Å². The van der Waals surface area contributed by atoms with E-state index in [0.29, 0.717) is 33.9 Å². The Balaban J connectivity index is 1.46. The Morgan fingerprint density at radius 3 is 2.61 bits per heavy atom. The number of amides is 1. The highest BCUT2D eigenvalue weighted by atomic mass is 16.1. The van der Waals surface area contributed by atoms with Crippen LogP contribution in [0.5, 0.6) is 0 Å². The summed E-state index contributed by atoms with van der Waals surface area (Å²) in [4.78, 5) is 25.4. The largest absolute Gasteiger partial charge is 0.383 e. The molecule has 1 aliphatic carbocycles. The smallest absolute Gasteiger partial charge is 0.256 e. The van der Waals surface area contributed by atoms with Gasteiger partial charge in [0.2, 0.25) is 0 Å². The van der Waals surface area contributed by atoms with Crippen LogP contribution in [0.2, 0.25) is 0 Å². The van der Waals surface area contributed by atoms with Crippen molar-refractivity contribution in [2.45, 2.75) is 31.8 Å². The number of hydrogen-bond donors (Lipinski definition) is 3. The number of pyridine rings is 1. The zero-order chi connectivity index (χ0) is 21.5. The SMILES string of the molecule is Cc1cccc(NC(=O)c2ccc(-c3nn([C@H]4C[C@@H](N)C4)c4ncnc(N)c34)cc2)n1. The van der Waals surface area contributed by atoms with Gasteiger partial charge < -0.3 is 16.8 Å². The molecule has 0 spiro atoms. The number of nitrogens with two attached hydrogens (primary N) is 2. The highest BCUT2D eigenvalue weighted by Crippen LogP contribution is 2.37. The van der Waals surface area contributed by atoms with Gasteiger partial charge in [0.15, 0.2) is 5.65 Å². The molecule has 156 valence electrons. The number of nitrogen functional groups attached to an aromatic ring is 1. The first-order valence-corrected chi connectivity index (χ1v) is 10.1. The molecule has 1 aliphatic rings. The van der Waals surface area contributed by atoms with Crippen molar-refractivity contribution in [2.24, 2.45) is 5.73 Å². The first kappa shape index (κ1) is 19.1. The monoisotopic (exact) mass is 414 g/mol. The number of anilines is 2. The summed E-state index contributed by atoms with van der Waals surface area (Å²) in [6, 6.07) is 13.1. The van der Waals surface area contributed by atoms with Crippen LogP contribution in [0.15, 0.2) is 48.8 Å². The maximum atomic E-state index is 12.6. The zero-order valence-corrected chi connectivity index (χ0v) is 17.0. The predicted molar refractivity (Wildman–Crippen MR) is 118 cm³/mol. The van der Waals surface area contributed by atoms with Gasteiger partial charge in [0, 0.05) is 22.9 Å². The molecule has 0 saturated heterocycles. The van der Waals surface area contributed by atoms with Crippen LogP contribution < -0.4 is 16.8 Å². The van der Waals surface area contributed by atoms with E-state index >= 15 is 0 Å². The number of aromatic nitrogens is 5. The summed E-state index contributed by atoms with van der Waals surface area (Å²) in [5.74, 6) is 0.663. The fraction of sp³-hybridized carbons (Fsp3) is 0.227. The molecular weight excluding hydrogens is 392 g/mol. The topological polar surface area (TPSA) is 138 Å². The zero-order valence-electron chi connectivity index (χ0n) is 17.0. The summed E-state index contributed by atoms with van der Waals surface area (Å²) in [7, 11) is 0. The minimum atomic E-state index is -0.230. The highest BCUT2D eigenvalue weighted by molar-refractivity contribution is 6.04. The number of aryl methyl sites for hydroxylation is 1. The lowest BCUT2D eigenvalue weighted by Crippen LogP contribution is -2.38. The van der Waals surface area contributed by atoms with Gasteiger partial charge in [-0.25, -0.2) is 19.6 Å². The van der Waals surface area contributed by atoms with Crippen LogP contribution in [0, 0.1) is 6.92 Å². The van der Waals surface area contributed by atoms with E-state index in [1.54, 1.807) is 18.2 Å². The summed E-state index contributed by atoms with van der Waals surface area (Å²) in [5, 5.41) is 8.32. The molecule has 9 heteroatoms. The highest BCUT2D eigenvalue weighted by Gasteiger charge is 2.31. The molecule has 1 fully saturated rings. The maximum absolute atomic E-state index is 12.6. The minimum Gasteiger partial charge on any atom is -0.383 e. The number of nitrogens with one attached hydrogen (secondary N) is 1. The maximum Gasteiger partial charge on any atom is 0.256 e. The molecule has 31 heavy (non-hydrogen) atoms. The molecule has 0 atom stereocenters. The van der Waals surface area contributed by atoms with Crippen molar-refractivity contribution in [3.05, 3.63) is 60.0 Å². The van der Waals surface area contributed by atoms with E-state index in [1.807, 2.05) is 35.9 Å². The van der Waals surface area contributed by atoms with Crippen molar-refractivity contribution < 1.29 is 4.79 Å². The number of nitrogens with zero attached hydrogens (tertiary/aromatic N) is 5. The number of fused-ring (bicyclic) bond motifs is 1. The average Bonchev–Trinajstić information content (AvgIpc) is 3.12. The van der Waals surface area contributed by atoms with E-state index in [0.717, 1.165) is 24.1 Å². The summed E-state index contributed by atoms with van der Waals surface area (Å²) >= 11 is 0. The Morgan fingerprint density at radius 2 is 1.90 bits per heavy atom. The van der Waals surface area contributed by atoms with Gasteiger partial charge in [0.25, 0.3) is 5.91 Å². The first-order valence-electron chi connectivity index (χ1n) is 10.1. The van der Waals surface area contributed by atoms with Gasteiger partial charge in [-0.3, -0.25) is 4.79 Å². The van der Waals surface area contributed by atoms with Gasteiger partial charge in [-0.2, -0.15) is 5.10 Å². The van der Waals surface area contributed by atoms with E-state index in [9.17, 15) is 4.79 Å². The van der Waals surface area contributed by atoms with Crippen molar-refractivity contribution >= 4 is 28.6 Å². The van der Waals surface area contributed by atoms with Gasteiger partial charge in [-0.15, -0.1) is 0 Å². The van der Waals surface area contributed by atoms with Gasteiger partial charge in [0.05, 0.1) is 11.4 Å². The van der Waals surface area contributed by atoms with E-state index in [2.05, 4.69) is 20.3 Å². The lowest BCUT2D eigenvalue weighted by atomic mass is 9.88. The van der Waals surface area contributed by atoms with Crippen LogP contribution in [0.25, 0.3) is 22.3 Å². The normalized spacial score (nSPS) is 18.0. The molecule has 0 radical (unpaired) electrons. The molecular formula is C22H22N8O. The fourth-order valence-corrected chi connectivity index (χ4v) is 3.86. The summed E-state index contributed by atoms with van der Waals surface area (Å²) < 4.78 is 1.90. The summed E-state index contributed by atoms with van der Waals surface area (Å²) in [5.41, 5.74) is 15.7. The van der Waals surface area contributed by atoms with E-state index < -0.39 is 0 Å². The van der Waals surface area contributed by atoms with Gasteiger partial charge in [-0.1, -0.05) is 18.2 Å². The summed E-state index contributed by atoms with van der Waals surface area (Å²) in [6.45, 7) is 1.88. The molecule has 1 saturated carbocycles. The van der Waals surface area contributed by atoms with Crippen molar-refractivity contribution in [1.29, 1.82) is 0 Å². The van der Waals surface area contributed by atoms with Crippen LogP contribution in [0.1, 0.15) is 34.9 Å². The Kier molecular flexibility index (Phi) is 4.59. The molecule has 0 aliphatic heterocycles. The average molecular weight is 414 g/mol. The molecule has 1 amide bonds.